The third-order valence-corrected chi connectivity index (χ3v) is 5.22. The Hall–Kier alpha value is -2.15. The summed E-state index contributed by atoms with van der Waals surface area (Å²) in [5, 5.41) is 17.1. The second-order valence-electron chi connectivity index (χ2n) is 6.89. The number of nitrogens with zero attached hydrogens (tertiary/aromatic N) is 1. The number of benzene rings is 1. The highest BCUT2D eigenvalue weighted by molar-refractivity contribution is 5.96. The van der Waals surface area contributed by atoms with E-state index in [0.717, 1.165) is 6.42 Å². The Labute approximate surface area is 148 Å². The van der Waals surface area contributed by atoms with Crippen LogP contribution in [-0.4, -0.2) is 30.0 Å². The van der Waals surface area contributed by atoms with Crippen molar-refractivity contribution in [3.05, 3.63) is 28.3 Å². The number of hydrogen-bond donors (Lipinski definition) is 2. The third kappa shape index (κ3) is 4.69. The van der Waals surface area contributed by atoms with Crippen LogP contribution in [0.2, 0.25) is 0 Å². The molecule has 0 spiro atoms. The maximum absolute atomic E-state index is 12.5. The number of nitrogens with one attached hydrogen (secondary N) is 2. The van der Waals surface area contributed by atoms with E-state index in [9.17, 15) is 14.9 Å². The number of methoxy groups -OCH3 is 1. The molecule has 7 heteroatoms. The molecule has 138 valence electrons. The quantitative estimate of drug-likeness (QED) is 0.607. The predicted octanol–water partition coefficient (Wildman–Crippen LogP) is 3.34. The van der Waals surface area contributed by atoms with Crippen molar-refractivity contribution in [3.8, 4) is 5.75 Å². The molecule has 0 radical (unpaired) electrons. The Balaban J connectivity index is 2.02. The van der Waals surface area contributed by atoms with Gasteiger partial charge in [-0.25, -0.2) is 0 Å². The summed E-state index contributed by atoms with van der Waals surface area (Å²) in [5.41, 5.74) is 0.350. The van der Waals surface area contributed by atoms with E-state index in [1.165, 1.54) is 38.2 Å². The first-order chi connectivity index (χ1) is 11.8. The van der Waals surface area contributed by atoms with Crippen LogP contribution in [0.25, 0.3) is 0 Å². The number of anilines is 1. The molecule has 0 aliphatic heterocycles. The van der Waals surface area contributed by atoms with Crippen LogP contribution in [0.3, 0.4) is 0 Å². The lowest BCUT2D eigenvalue weighted by atomic mass is 9.78. The van der Waals surface area contributed by atoms with Crippen LogP contribution in [0.1, 0.15) is 40.0 Å². The van der Waals surface area contributed by atoms with E-state index in [1.54, 1.807) is 0 Å². The first kappa shape index (κ1) is 19.2. The van der Waals surface area contributed by atoms with Gasteiger partial charge in [-0.2, -0.15) is 0 Å². The number of nitro groups is 1. The molecule has 2 rings (SSSR count). The number of non-ortho nitro benzene ring substituents is 1. The summed E-state index contributed by atoms with van der Waals surface area (Å²) in [6.45, 7) is 6.32. The van der Waals surface area contributed by atoms with Crippen LogP contribution in [0.5, 0.6) is 5.75 Å². The Kier molecular flexibility index (Phi) is 6.36. The van der Waals surface area contributed by atoms with Crippen LogP contribution in [0.15, 0.2) is 18.2 Å². The van der Waals surface area contributed by atoms with E-state index < -0.39 is 4.92 Å². The summed E-state index contributed by atoms with van der Waals surface area (Å²) in [6.07, 6.45) is 3.48. The van der Waals surface area contributed by atoms with Crippen LogP contribution < -0.4 is 15.4 Å². The first-order valence-corrected chi connectivity index (χ1v) is 8.72. The van der Waals surface area contributed by atoms with E-state index in [2.05, 4.69) is 24.5 Å². The molecule has 1 fully saturated rings. The monoisotopic (exact) mass is 349 g/mol. The molecule has 1 saturated carbocycles. The Morgan fingerprint density at radius 1 is 1.36 bits per heavy atom. The smallest absolute Gasteiger partial charge is 0.273 e. The number of amides is 1. The standard InChI is InChI=1S/C18H27N3O4/c1-11-6-5-7-15(12(11)2)19-13(3)18(22)20-16-9-8-14(21(23)24)10-17(16)25-4/h8-13,15,19H,5-7H2,1-4H3,(H,20,22)/t11-,12-,13+,15+/m1/s1. The molecular formula is C18H27N3O4. The number of rotatable bonds is 6. The van der Waals surface area contributed by atoms with Crippen LogP contribution in [0.4, 0.5) is 11.4 Å². The zero-order valence-electron chi connectivity index (χ0n) is 15.2. The number of hydrogen-bond acceptors (Lipinski definition) is 5. The van der Waals surface area contributed by atoms with Gasteiger partial charge in [0, 0.05) is 12.1 Å². The minimum atomic E-state index is -0.496. The average Bonchev–Trinajstić information content (AvgIpc) is 2.58. The molecule has 25 heavy (non-hydrogen) atoms. The maximum Gasteiger partial charge on any atom is 0.273 e. The Morgan fingerprint density at radius 2 is 2.08 bits per heavy atom. The molecule has 1 aromatic carbocycles. The van der Waals surface area contributed by atoms with Gasteiger partial charge < -0.3 is 15.4 Å². The SMILES string of the molecule is COc1cc([N+](=O)[O-])ccc1NC(=O)[C@H](C)N[C@H]1CCC[C@@H](C)[C@H]1C. The van der Waals surface area contributed by atoms with Gasteiger partial charge in [-0.3, -0.25) is 14.9 Å². The van der Waals surface area contributed by atoms with Crippen molar-refractivity contribution in [1.82, 2.24) is 5.32 Å². The molecule has 7 nitrogen and oxygen atoms in total. The summed E-state index contributed by atoms with van der Waals surface area (Å²) in [6, 6.07) is 4.10. The molecule has 1 amide bonds. The molecule has 0 saturated heterocycles. The number of ether oxygens (including phenoxy) is 1. The van der Waals surface area contributed by atoms with Gasteiger partial charge in [0.2, 0.25) is 5.91 Å². The number of carbonyl (C=O) groups excluding carboxylic acids is 1. The topological polar surface area (TPSA) is 93.5 Å². The number of nitro benzene ring substituents is 1. The summed E-state index contributed by atoms with van der Waals surface area (Å²) >= 11 is 0. The molecule has 0 bridgehead atoms. The molecule has 1 aliphatic rings. The zero-order chi connectivity index (χ0) is 18.6. The minimum absolute atomic E-state index is 0.0777. The zero-order valence-corrected chi connectivity index (χ0v) is 15.2. The van der Waals surface area contributed by atoms with Gasteiger partial charge in [0.05, 0.1) is 29.8 Å². The predicted molar refractivity (Wildman–Crippen MR) is 96.8 cm³/mol. The molecule has 1 aliphatic carbocycles. The highest BCUT2D eigenvalue weighted by atomic mass is 16.6. The normalized spacial score (nSPS) is 24.4. The average molecular weight is 349 g/mol. The van der Waals surface area contributed by atoms with Crippen molar-refractivity contribution in [3.63, 3.8) is 0 Å². The fourth-order valence-electron chi connectivity index (χ4n) is 3.35. The molecule has 0 aromatic heterocycles. The van der Waals surface area contributed by atoms with Gasteiger partial charge in [0.1, 0.15) is 5.75 Å². The lowest BCUT2D eigenvalue weighted by Gasteiger charge is -2.36. The molecule has 2 N–H and O–H groups in total. The molecular weight excluding hydrogens is 322 g/mol. The van der Waals surface area contributed by atoms with Crippen molar-refractivity contribution in [2.45, 2.75) is 52.1 Å². The van der Waals surface area contributed by atoms with Crippen LogP contribution >= 0.6 is 0 Å². The minimum Gasteiger partial charge on any atom is -0.494 e. The second-order valence-corrected chi connectivity index (χ2v) is 6.89. The van der Waals surface area contributed by atoms with Crippen molar-refractivity contribution in [2.75, 3.05) is 12.4 Å². The van der Waals surface area contributed by atoms with Crippen molar-refractivity contribution in [1.29, 1.82) is 0 Å². The second kappa shape index (κ2) is 8.29. The summed E-state index contributed by atoms with van der Waals surface area (Å²) in [7, 11) is 1.42. The van der Waals surface area contributed by atoms with Gasteiger partial charge in [0.15, 0.2) is 0 Å². The lowest BCUT2D eigenvalue weighted by Crippen LogP contribution is -2.49. The molecule has 4 atom stereocenters. The lowest BCUT2D eigenvalue weighted by molar-refractivity contribution is -0.384. The van der Waals surface area contributed by atoms with E-state index in [-0.39, 0.29) is 23.4 Å². The van der Waals surface area contributed by atoms with E-state index >= 15 is 0 Å². The maximum atomic E-state index is 12.5. The summed E-state index contributed by atoms with van der Waals surface area (Å²) in [5.74, 6) is 1.26. The van der Waals surface area contributed by atoms with Crippen molar-refractivity contribution in [2.24, 2.45) is 11.8 Å². The highest BCUT2D eigenvalue weighted by Crippen LogP contribution is 2.31. The first-order valence-electron chi connectivity index (χ1n) is 8.72. The van der Waals surface area contributed by atoms with Gasteiger partial charge in [0.25, 0.3) is 5.69 Å². The molecule has 1 aromatic rings. The Morgan fingerprint density at radius 3 is 2.72 bits per heavy atom. The Bertz CT molecular complexity index is 635. The van der Waals surface area contributed by atoms with Gasteiger partial charge in [-0.15, -0.1) is 0 Å². The molecule has 0 heterocycles. The molecule has 0 unspecified atom stereocenters. The fraction of sp³-hybridized carbons (Fsp3) is 0.611. The van der Waals surface area contributed by atoms with Gasteiger partial charge >= 0.3 is 0 Å². The van der Waals surface area contributed by atoms with E-state index in [0.29, 0.717) is 23.6 Å². The van der Waals surface area contributed by atoms with E-state index in [4.69, 9.17) is 4.74 Å². The highest BCUT2D eigenvalue weighted by Gasteiger charge is 2.29. The van der Waals surface area contributed by atoms with E-state index in [1.807, 2.05) is 6.92 Å². The van der Waals surface area contributed by atoms with Crippen molar-refractivity contribution >= 4 is 17.3 Å². The van der Waals surface area contributed by atoms with Crippen LogP contribution in [0, 0.1) is 22.0 Å². The summed E-state index contributed by atoms with van der Waals surface area (Å²) < 4.78 is 5.16. The fourth-order valence-corrected chi connectivity index (χ4v) is 3.35. The van der Waals surface area contributed by atoms with Gasteiger partial charge in [-0.1, -0.05) is 26.7 Å². The largest absolute Gasteiger partial charge is 0.494 e. The van der Waals surface area contributed by atoms with Crippen molar-refractivity contribution < 1.29 is 14.5 Å². The van der Waals surface area contributed by atoms with Gasteiger partial charge in [-0.05, 0) is 31.2 Å². The number of carbonyl (C=O) groups is 1. The third-order valence-electron chi connectivity index (χ3n) is 5.22. The summed E-state index contributed by atoms with van der Waals surface area (Å²) in [4.78, 5) is 22.8. The van der Waals surface area contributed by atoms with Crippen LogP contribution in [-0.2, 0) is 4.79 Å².